The number of furan rings is 1. The zero-order chi connectivity index (χ0) is 17.2. The fourth-order valence-electron chi connectivity index (χ4n) is 2.52. The highest BCUT2D eigenvalue weighted by molar-refractivity contribution is 5.20. The van der Waals surface area contributed by atoms with Gasteiger partial charge in [0.25, 0.3) is 0 Å². The summed E-state index contributed by atoms with van der Waals surface area (Å²) < 4.78 is 16.4. The lowest BCUT2D eigenvalue weighted by Gasteiger charge is -2.24. The molecule has 0 saturated carbocycles. The van der Waals surface area contributed by atoms with Gasteiger partial charge in [0.05, 0.1) is 6.54 Å². The number of methoxy groups -OCH3 is 1. The standard InChI is InChI=1S/C19H27NO4/c1-16-9-10-19(24-16)14-20(11-6-12-22-2)13-17(21)15-23-18-7-4-3-5-8-18/h3-5,7-10,17,21H,6,11-15H2,1-2H3. The molecule has 0 amide bonds. The lowest BCUT2D eigenvalue weighted by Crippen LogP contribution is -2.36. The molecule has 1 heterocycles. The number of aliphatic hydroxyl groups excluding tert-OH is 1. The minimum absolute atomic E-state index is 0.266. The minimum Gasteiger partial charge on any atom is -0.491 e. The van der Waals surface area contributed by atoms with Crippen LogP contribution in [-0.4, -0.2) is 49.5 Å². The van der Waals surface area contributed by atoms with Crippen LogP contribution in [0.5, 0.6) is 5.75 Å². The largest absolute Gasteiger partial charge is 0.491 e. The number of aryl methyl sites for hydroxylation is 1. The average Bonchev–Trinajstić information content (AvgIpc) is 2.99. The smallest absolute Gasteiger partial charge is 0.119 e. The fourth-order valence-corrected chi connectivity index (χ4v) is 2.52. The molecule has 1 N–H and O–H groups in total. The number of benzene rings is 1. The van der Waals surface area contributed by atoms with E-state index in [0.717, 1.165) is 30.2 Å². The zero-order valence-corrected chi connectivity index (χ0v) is 14.5. The van der Waals surface area contributed by atoms with Crippen molar-refractivity contribution >= 4 is 0 Å². The molecule has 0 spiro atoms. The van der Waals surface area contributed by atoms with Crippen LogP contribution in [0, 0.1) is 6.92 Å². The van der Waals surface area contributed by atoms with Crippen molar-refractivity contribution in [2.75, 3.05) is 33.4 Å². The van der Waals surface area contributed by atoms with Crippen LogP contribution in [0.2, 0.25) is 0 Å². The lowest BCUT2D eigenvalue weighted by atomic mass is 10.3. The Morgan fingerprint density at radius 1 is 1.17 bits per heavy atom. The summed E-state index contributed by atoms with van der Waals surface area (Å²) in [6, 6.07) is 13.5. The van der Waals surface area contributed by atoms with Gasteiger partial charge >= 0.3 is 0 Å². The molecule has 1 atom stereocenters. The van der Waals surface area contributed by atoms with Gasteiger partial charge in [0, 0.05) is 26.8 Å². The summed E-state index contributed by atoms with van der Waals surface area (Å²) in [6.45, 7) is 4.92. The molecule has 2 aromatic rings. The van der Waals surface area contributed by atoms with E-state index >= 15 is 0 Å². The Hall–Kier alpha value is -1.82. The summed E-state index contributed by atoms with van der Waals surface area (Å²) in [5, 5.41) is 10.3. The maximum atomic E-state index is 10.3. The molecule has 5 heteroatoms. The third-order valence-electron chi connectivity index (χ3n) is 3.65. The van der Waals surface area contributed by atoms with Gasteiger partial charge in [-0.05, 0) is 37.6 Å². The molecule has 0 bridgehead atoms. The Balaban J connectivity index is 1.83. The van der Waals surface area contributed by atoms with Gasteiger partial charge in [0.1, 0.15) is 30.0 Å². The van der Waals surface area contributed by atoms with E-state index in [1.807, 2.05) is 49.4 Å². The second kappa shape index (κ2) is 10.1. The Labute approximate surface area is 143 Å². The van der Waals surface area contributed by atoms with Crippen molar-refractivity contribution in [1.82, 2.24) is 4.90 Å². The molecule has 0 radical (unpaired) electrons. The first kappa shape index (κ1) is 18.5. The summed E-state index contributed by atoms with van der Waals surface area (Å²) in [5.41, 5.74) is 0. The number of hydrogen-bond acceptors (Lipinski definition) is 5. The van der Waals surface area contributed by atoms with Crippen LogP contribution in [0.15, 0.2) is 46.9 Å². The monoisotopic (exact) mass is 333 g/mol. The van der Waals surface area contributed by atoms with Crippen LogP contribution in [0.25, 0.3) is 0 Å². The topological polar surface area (TPSA) is 55.1 Å². The van der Waals surface area contributed by atoms with E-state index in [2.05, 4.69) is 4.90 Å². The van der Waals surface area contributed by atoms with Gasteiger partial charge in [0.2, 0.25) is 0 Å². The molecule has 2 rings (SSSR count). The summed E-state index contributed by atoms with van der Waals surface area (Å²) in [6.07, 6.45) is 0.339. The van der Waals surface area contributed by atoms with Crippen LogP contribution in [0.3, 0.4) is 0 Å². The number of ether oxygens (including phenoxy) is 2. The maximum absolute atomic E-state index is 10.3. The first-order valence-corrected chi connectivity index (χ1v) is 8.30. The van der Waals surface area contributed by atoms with Gasteiger partial charge in [0.15, 0.2) is 0 Å². The van der Waals surface area contributed by atoms with Gasteiger partial charge in [-0.25, -0.2) is 0 Å². The average molecular weight is 333 g/mol. The highest BCUT2D eigenvalue weighted by atomic mass is 16.5. The Morgan fingerprint density at radius 3 is 2.62 bits per heavy atom. The summed E-state index contributed by atoms with van der Waals surface area (Å²) in [5.74, 6) is 2.57. The molecule has 1 unspecified atom stereocenters. The Kier molecular flexibility index (Phi) is 7.82. The second-order valence-corrected chi connectivity index (χ2v) is 5.87. The number of rotatable bonds is 11. The molecule has 1 aromatic carbocycles. The van der Waals surface area contributed by atoms with Crippen LogP contribution in [0.4, 0.5) is 0 Å². The molecule has 0 aliphatic rings. The molecular weight excluding hydrogens is 306 g/mol. The molecule has 132 valence electrons. The van der Waals surface area contributed by atoms with Crippen LogP contribution in [0.1, 0.15) is 17.9 Å². The first-order valence-electron chi connectivity index (χ1n) is 8.30. The van der Waals surface area contributed by atoms with Crippen molar-refractivity contribution < 1.29 is 19.0 Å². The van der Waals surface area contributed by atoms with Crippen LogP contribution < -0.4 is 4.74 Å². The predicted octanol–water partition coefficient (Wildman–Crippen LogP) is 2.87. The third kappa shape index (κ3) is 6.74. The predicted molar refractivity (Wildman–Crippen MR) is 93.2 cm³/mol. The SMILES string of the molecule is COCCCN(Cc1ccc(C)o1)CC(O)COc1ccccc1. The van der Waals surface area contributed by atoms with Crippen LogP contribution >= 0.6 is 0 Å². The van der Waals surface area contributed by atoms with Crippen molar-refractivity contribution in [3.63, 3.8) is 0 Å². The molecule has 1 aromatic heterocycles. The summed E-state index contributed by atoms with van der Waals surface area (Å²) in [4.78, 5) is 2.16. The molecule has 0 aliphatic carbocycles. The van der Waals surface area contributed by atoms with Gasteiger partial charge in [-0.3, -0.25) is 4.90 Å². The zero-order valence-electron chi connectivity index (χ0n) is 14.5. The van der Waals surface area contributed by atoms with E-state index in [0.29, 0.717) is 19.7 Å². The third-order valence-corrected chi connectivity index (χ3v) is 3.65. The van der Waals surface area contributed by atoms with E-state index in [9.17, 15) is 5.11 Å². The lowest BCUT2D eigenvalue weighted by molar-refractivity contribution is 0.0593. The van der Waals surface area contributed by atoms with E-state index in [4.69, 9.17) is 13.9 Å². The quantitative estimate of drug-likeness (QED) is 0.641. The number of aliphatic hydroxyl groups is 1. The molecule has 0 aliphatic heterocycles. The van der Waals surface area contributed by atoms with E-state index < -0.39 is 6.10 Å². The molecule has 0 fully saturated rings. The first-order chi connectivity index (χ1) is 11.7. The van der Waals surface area contributed by atoms with E-state index in [-0.39, 0.29) is 6.61 Å². The van der Waals surface area contributed by atoms with Crippen molar-refractivity contribution in [3.8, 4) is 5.75 Å². The number of para-hydroxylation sites is 1. The summed E-state index contributed by atoms with van der Waals surface area (Å²) >= 11 is 0. The second-order valence-electron chi connectivity index (χ2n) is 5.87. The highest BCUT2D eigenvalue weighted by Gasteiger charge is 2.14. The summed E-state index contributed by atoms with van der Waals surface area (Å²) in [7, 11) is 1.70. The van der Waals surface area contributed by atoms with Gasteiger partial charge in [-0.1, -0.05) is 18.2 Å². The van der Waals surface area contributed by atoms with Gasteiger partial charge in [-0.15, -0.1) is 0 Å². The molecular formula is C19H27NO4. The minimum atomic E-state index is -0.566. The van der Waals surface area contributed by atoms with Crippen molar-refractivity contribution in [1.29, 1.82) is 0 Å². The van der Waals surface area contributed by atoms with Crippen molar-refractivity contribution in [2.45, 2.75) is 26.0 Å². The van der Waals surface area contributed by atoms with Gasteiger partial charge in [-0.2, -0.15) is 0 Å². The van der Waals surface area contributed by atoms with Crippen molar-refractivity contribution in [3.05, 3.63) is 54.0 Å². The van der Waals surface area contributed by atoms with Crippen LogP contribution in [-0.2, 0) is 11.3 Å². The van der Waals surface area contributed by atoms with Crippen molar-refractivity contribution in [2.24, 2.45) is 0 Å². The number of hydrogen-bond donors (Lipinski definition) is 1. The van der Waals surface area contributed by atoms with Gasteiger partial charge < -0.3 is 19.0 Å². The Bertz CT molecular complexity index is 570. The molecule has 0 saturated heterocycles. The number of nitrogens with zero attached hydrogens (tertiary/aromatic N) is 1. The molecule has 5 nitrogen and oxygen atoms in total. The maximum Gasteiger partial charge on any atom is 0.119 e. The fraction of sp³-hybridized carbons (Fsp3) is 0.474. The Morgan fingerprint density at radius 2 is 1.96 bits per heavy atom. The normalized spacial score (nSPS) is 12.5. The van der Waals surface area contributed by atoms with E-state index in [1.165, 1.54) is 0 Å². The molecule has 24 heavy (non-hydrogen) atoms. The van der Waals surface area contributed by atoms with E-state index in [1.54, 1.807) is 7.11 Å². The highest BCUT2D eigenvalue weighted by Crippen LogP contribution is 2.12.